The smallest absolute Gasteiger partial charge is 0.396 e. The standard InChI is InChI=1S/C25H28F3N9/c1-14(15-4-5-21(30-9-15)37-7-6-17(13-37)36(2)3)34-24-33-12-20(29)22(35-24)19-11-32-23-18(19)8-16(10-31-23)25(26,27)28/h4-5,8-12,14,17H,6-7,13,29H2,1-3H3,(H,31,32)(H,33,34,35)/t14-,17+/m1/s1. The zero-order valence-corrected chi connectivity index (χ0v) is 20.7. The van der Waals surface area contributed by atoms with Crippen LogP contribution in [0.2, 0.25) is 0 Å². The molecule has 0 spiro atoms. The van der Waals surface area contributed by atoms with Crippen molar-refractivity contribution in [3.63, 3.8) is 0 Å². The summed E-state index contributed by atoms with van der Waals surface area (Å²) in [4.78, 5) is 24.7. The van der Waals surface area contributed by atoms with E-state index >= 15 is 0 Å². The normalized spacial score (nSPS) is 17.1. The summed E-state index contributed by atoms with van der Waals surface area (Å²) in [5.74, 6) is 1.24. The Morgan fingerprint density at radius 3 is 2.65 bits per heavy atom. The maximum Gasteiger partial charge on any atom is 0.417 e. The van der Waals surface area contributed by atoms with Crippen LogP contribution in [0.15, 0.2) is 43.0 Å². The van der Waals surface area contributed by atoms with E-state index in [9.17, 15) is 13.2 Å². The monoisotopic (exact) mass is 511 g/mol. The quantitative estimate of drug-likeness (QED) is 0.351. The Morgan fingerprint density at radius 2 is 1.97 bits per heavy atom. The number of hydrogen-bond acceptors (Lipinski definition) is 8. The first-order chi connectivity index (χ1) is 17.6. The number of nitrogens with two attached hydrogens (primary N) is 1. The van der Waals surface area contributed by atoms with Gasteiger partial charge in [-0.1, -0.05) is 6.07 Å². The Bertz CT molecular complexity index is 1400. The second kappa shape index (κ2) is 9.51. The number of hydrogen-bond donors (Lipinski definition) is 3. The van der Waals surface area contributed by atoms with Crippen molar-refractivity contribution in [1.29, 1.82) is 0 Å². The third-order valence-electron chi connectivity index (χ3n) is 6.76. The molecule has 9 nitrogen and oxygen atoms in total. The topological polar surface area (TPSA) is 112 Å². The summed E-state index contributed by atoms with van der Waals surface area (Å²) in [7, 11) is 4.19. The molecule has 5 heterocycles. The Morgan fingerprint density at radius 1 is 1.16 bits per heavy atom. The fourth-order valence-electron chi connectivity index (χ4n) is 4.52. The summed E-state index contributed by atoms with van der Waals surface area (Å²) >= 11 is 0. The lowest BCUT2D eigenvalue weighted by molar-refractivity contribution is -0.137. The van der Waals surface area contributed by atoms with Crippen LogP contribution in [0.5, 0.6) is 0 Å². The van der Waals surface area contributed by atoms with Gasteiger partial charge in [-0.15, -0.1) is 0 Å². The predicted molar refractivity (Wildman–Crippen MR) is 137 cm³/mol. The summed E-state index contributed by atoms with van der Waals surface area (Å²) in [5, 5.41) is 3.51. The van der Waals surface area contributed by atoms with Gasteiger partial charge in [0.05, 0.1) is 23.5 Å². The molecule has 12 heteroatoms. The molecule has 0 aliphatic carbocycles. The average Bonchev–Trinajstić information content (AvgIpc) is 3.52. The molecule has 0 bridgehead atoms. The summed E-state index contributed by atoms with van der Waals surface area (Å²) in [6, 6.07) is 5.42. The van der Waals surface area contributed by atoms with Gasteiger partial charge in [0.1, 0.15) is 17.2 Å². The van der Waals surface area contributed by atoms with Crippen LogP contribution in [-0.4, -0.2) is 63.0 Å². The minimum absolute atomic E-state index is 0.174. The van der Waals surface area contributed by atoms with Crippen LogP contribution in [0.3, 0.4) is 0 Å². The van der Waals surface area contributed by atoms with Crippen LogP contribution in [0.4, 0.5) is 30.6 Å². The van der Waals surface area contributed by atoms with Gasteiger partial charge in [-0.05, 0) is 45.1 Å². The van der Waals surface area contributed by atoms with E-state index in [0.717, 1.165) is 43.2 Å². The number of nitrogen functional groups attached to an aromatic ring is 1. The van der Waals surface area contributed by atoms with Crippen molar-refractivity contribution >= 4 is 28.5 Å². The lowest BCUT2D eigenvalue weighted by atomic mass is 10.1. The van der Waals surface area contributed by atoms with Crippen LogP contribution in [0, 0.1) is 0 Å². The van der Waals surface area contributed by atoms with Crippen molar-refractivity contribution in [3.05, 3.63) is 54.1 Å². The van der Waals surface area contributed by atoms with Gasteiger partial charge in [-0.2, -0.15) is 13.2 Å². The molecule has 37 heavy (non-hydrogen) atoms. The highest BCUT2D eigenvalue weighted by Crippen LogP contribution is 2.35. The largest absolute Gasteiger partial charge is 0.417 e. The zero-order valence-electron chi connectivity index (χ0n) is 20.7. The highest BCUT2D eigenvalue weighted by molar-refractivity contribution is 5.95. The number of nitrogens with one attached hydrogen (secondary N) is 2. The van der Waals surface area contributed by atoms with Crippen LogP contribution in [0.25, 0.3) is 22.3 Å². The van der Waals surface area contributed by atoms with E-state index in [1.54, 1.807) is 6.20 Å². The molecular weight excluding hydrogens is 483 g/mol. The molecule has 4 N–H and O–H groups in total. The lowest BCUT2D eigenvalue weighted by Gasteiger charge is -2.21. The number of fused-ring (bicyclic) bond motifs is 1. The van der Waals surface area contributed by atoms with Crippen LogP contribution >= 0.6 is 0 Å². The van der Waals surface area contributed by atoms with Crippen molar-refractivity contribution in [2.75, 3.05) is 43.1 Å². The molecule has 194 valence electrons. The number of likely N-dealkylation sites (N-methyl/N-ethyl adjacent to an activating group) is 1. The fraction of sp³-hybridized carbons (Fsp3) is 0.360. The molecule has 0 radical (unpaired) electrons. The van der Waals surface area contributed by atoms with Gasteiger partial charge in [0.25, 0.3) is 0 Å². The second-order valence-electron chi connectivity index (χ2n) is 9.49. The third kappa shape index (κ3) is 5.01. The number of rotatable bonds is 6. The van der Waals surface area contributed by atoms with E-state index < -0.39 is 11.7 Å². The molecule has 0 unspecified atom stereocenters. The van der Waals surface area contributed by atoms with E-state index in [-0.39, 0.29) is 17.1 Å². The third-order valence-corrected chi connectivity index (χ3v) is 6.76. The second-order valence-corrected chi connectivity index (χ2v) is 9.49. The molecule has 0 aromatic carbocycles. The maximum atomic E-state index is 13.2. The first kappa shape index (κ1) is 24.8. The number of H-pyrrole nitrogens is 1. The molecule has 1 saturated heterocycles. The minimum Gasteiger partial charge on any atom is -0.396 e. The van der Waals surface area contributed by atoms with Gasteiger partial charge in [0.2, 0.25) is 5.95 Å². The van der Waals surface area contributed by atoms with Gasteiger partial charge in [0.15, 0.2) is 0 Å². The Balaban J connectivity index is 1.35. The number of aromatic amines is 1. The highest BCUT2D eigenvalue weighted by atomic mass is 19.4. The molecule has 1 fully saturated rings. The Hall–Kier alpha value is -3.93. The maximum absolute atomic E-state index is 13.2. The molecule has 5 rings (SSSR count). The summed E-state index contributed by atoms with van der Waals surface area (Å²) in [6.07, 6.45) is 2.21. The van der Waals surface area contributed by atoms with E-state index in [2.05, 4.69) is 54.1 Å². The van der Waals surface area contributed by atoms with Crippen molar-refractivity contribution in [1.82, 2.24) is 29.8 Å². The van der Waals surface area contributed by atoms with Crippen molar-refractivity contribution in [2.24, 2.45) is 0 Å². The Kier molecular flexibility index (Phi) is 6.36. The van der Waals surface area contributed by atoms with Crippen LogP contribution < -0.4 is 16.0 Å². The molecule has 4 aromatic rings. The van der Waals surface area contributed by atoms with E-state index in [1.165, 1.54) is 6.20 Å². The molecule has 2 atom stereocenters. The number of anilines is 3. The molecule has 4 aromatic heterocycles. The molecule has 1 aliphatic heterocycles. The number of alkyl halides is 3. The summed E-state index contributed by atoms with van der Waals surface area (Å²) < 4.78 is 39.7. The number of pyridine rings is 2. The SMILES string of the molecule is C[C@@H](Nc1ncc(N)c(-c2c[nH]c3ncc(C(F)(F)F)cc23)n1)c1ccc(N2CC[C@H](N(C)C)C2)nc1. The van der Waals surface area contributed by atoms with Crippen molar-refractivity contribution in [3.8, 4) is 11.3 Å². The molecule has 0 amide bonds. The van der Waals surface area contributed by atoms with Gasteiger partial charge in [0, 0.05) is 48.7 Å². The molecule has 1 aliphatic rings. The minimum atomic E-state index is -4.51. The number of nitrogens with zero attached hydrogens (tertiary/aromatic N) is 6. The van der Waals surface area contributed by atoms with E-state index in [0.29, 0.717) is 28.9 Å². The van der Waals surface area contributed by atoms with Crippen LogP contribution in [-0.2, 0) is 6.18 Å². The lowest BCUT2D eigenvalue weighted by Crippen LogP contribution is -2.31. The van der Waals surface area contributed by atoms with E-state index in [1.807, 2.05) is 25.3 Å². The fourth-order valence-corrected chi connectivity index (χ4v) is 4.52. The highest BCUT2D eigenvalue weighted by Gasteiger charge is 2.32. The molecule has 0 saturated carbocycles. The summed E-state index contributed by atoms with van der Waals surface area (Å²) in [5.41, 5.74) is 7.49. The van der Waals surface area contributed by atoms with Crippen LogP contribution in [0.1, 0.15) is 30.5 Å². The number of halogens is 3. The van der Waals surface area contributed by atoms with Gasteiger partial charge in [-0.3, -0.25) is 0 Å². The zero-order chi connectivity index (χ0) is 26.3. The van der Waals surface area contributed by atoms with Gasteiger partial charge in [-0.25, -0.2) is 19.9 Å². The average molecular weight is 512 g/mol. The molecular formula is C25H28F3N9. The first-order valence-corrected chi connectivity index (χ1v) is 11.9. The first-order valence-electron chi connectivity index (χ1n) is 11.9. The number of aromatic nitrogens is 5. The van der Waals surface area contributed by atoms with Gasteiger partial charge >= 0.3 is 6.18 Å². The van der Waals surface area contributed by atoms with E-state index in [4.69, 9.17) is 5.73 Å². The summed E-state index contributed by atoms with van der Waals surface area (Å²) in [6.45, 7) is 3.88. The Labute approximate surface area is 211 Å². The predicted octanol–water partition coefficient (Wildman–Crippen LogP) is 4.33. The van der Waals surface area contributed by atoms with Crippen molar-refractivity contribution < 1.29 is 13.2 Å². The van der Waals surface area contributed by atoms with Gasteiger partial charge < -0.3 is 25.8 Å². The van der Waals surface area contributed by atoms with Crippen molar-refractivity contribution in [2.45, 2.75) is 31.6 Å².